The van der Waals surface area contributed by atoms with Gasteiger partial charge in [0.05, 0.1) is 16.9 Å². The summed E-state index contributed by atoms with van der Waals surface area (Å²) in [5, 5.41) is 2.22. The van der Waals surface area contributed by atoms with Crippen molar-refractivity contribution < 1.29 is 0 Å². The Morgan fingerprint density at radius 1 is 1.04 bits per heavy atom. The highest BCUT2D eigenvalue weighted by Crippen LogP contribution is 2.30. The van der Waals surface area contributed by atoms with Gasteiger partial charge in [0, 0.05) is 0 Å². The molecule has 2 nitrogen and oxygen atoms in total. The second kappa shape index (κ2) is 8.39. The summed E-state index contributed by atoms with van der Waals surface area (Å²) >= 11 is 0. The highest BCUT2D eigenvalue weighted by atomic mass is 15.5. The summed E-state index contributed by atoms with van der Waals surface area (Å²) in [6, 6.07) is 20.7. The fourth-order valence-electron chi connectivity index (χ4n) is 2.66. The van der Waals surface area contributed by atoms with Gasteiger partial charge in [-0.05, 0) is 57.9 Å². The molecule has 126 valence electrons. The van der Waals surface area contributed by atoms with Crippen LogP contribution < -0.4 is 10.4 Å². The van der Waals surface area contributed by atoms with E-state index < -0.39 is 0 Å². The maximum absolute atomic E-state index is 4.12. The summed E-state index contributed by atoms with van der Waals surface area (Å²) in [7, 11) is 0. The van der Waals surface area contributed by atoms with Gasteiger partial charge < -0.3 is 0 Å². The number of hydrazine groups is 1. The van der Waals surface area contributed by atoms with E-state index in [1.165, 1.54) is 5.57 Å². The van der Waals surface area contributed by atoms with Crippen molar-refractivity contribution in [3.8, 4) is 0 Å². The molecule has 2 heteroatoms. The first-order chi connectivity index (χ1) is 11.5. The lowest BCUT2D eigenvalue weighted by molar-refractivity contribution is 0.505. The van der Waals surface area contributed by atoms with Crippen LogP contribution in [0, 0.1) is 0 Å². The van der Waals surface area contributed by atoms with Gasteiger partial charge >= 0.3 is 0 Å². The summed E-state index contributed by atoms with van der Waals surface area (Å²) in [4.78, 5) is 0. The Morgan fingerprint density at radius 3 is 2.17 bits per heavy atom. The van der Waals surface area contributed by atoms with Crippen LogP contribution in [0.1, 0.15) is 33.6 Å². The molecule has 2 aromatic rings. The SMILES string of the molecule is C=CC(C)(CCC=C(C)C)N(Nc1ccccc1)c1ccccc1. The van der Waals surface area contributed by atoms with Gasteiger partial charge in [0.25, 0.3) is 0 Å². The lowest BCUT2D eigenvalue weighted by atomic mass is 9.93. The average molecular weight is 320 g/mol. The first kappa shape index (κ1) is 17.9. The predicted molar refractivity (Wildman–Crippen MR) is 106 cm³/mol. The number of anilines is 2. The Hall–Kier alpha value is -2.48. The van der Waals surface area contributed by atoms with Crippen molar-refractivity contribution in [3.63, 3.8) is 0 Å². The summed E-state index contributed by atoms with van der Waals surface area (Å²) in [6.45, 7) is 10.6. The summed E-state index contributed by atoms with van der Waals surface area (Å²) in [5.74, 6) is 0. The zero-order valence-corrected chi connectivity index (χ0v) is 15.0. The van der Waals surface area contributed by atoms with Crippen LogP contribution in [0.3, 0.4) is 0 Å². The highest BCUT2D eigenvalue weighted by Gasteiger charge is 2.29. The van der Waals surface area contributed by atoms with E-state index >= 15 is 0 Å². The van der Waals surface area contributed by atoms with E-state index in [0.717, 1.165) is 24.2 Å². The summed E-state index contributed by atoms with van der Waals surface area (Å²) in [6.07, 6.45) is 6.32. The van der Waals surface area contributed by atoms with Gasteiger partial charge in [-0.3, -0.25) is 10.4 Å². The molecule has 0 saturated heterocycles. The van der Waals surface area contributed by atoms with E-state index in [4.69, 9.17) is 0 Å². The molecule has 0 saturated carbocycles. The standard InChI is InChI=1S/C22H28N2/c1-5-22(4,18-12-13-19(2)3)24(21-16-10-7-11-17-21)23-20-14-8-6-9-15-20/h5-11,13-17,23H,1,12,18H2,2-4H3. The van der Waals surface area contributed by atoms with Gasteiger partial charge in [-0.15, -0.1) is 6.58 Å². The minimum atomic E-state index is -0.205. The normalized spacial score (nSPS) is 12.8. The summed E-state index contributed by atoms with van der Waals surface area (Å²) < 4.78 is 0. The van der Waals surface area contributed by atoms with Crippen LogP contribution in [0.4, 0.5) is 11.4 Å². The van der Waals surface area contributed by atoms with Crippen LogP contribution in [-0.2, 0) is 0 Å². The average Bonchev–Trinajstić information content (AvgIpc) is 2.61. The van der Waals surface area contributed by atoms with Crippen molar-refractivity contribution in [1.29, 1.82) is 0 Å². The third-order valence-electron chi connectivity index (χ3n) is 4.18. The first-order valence-corrected chi connectivity index (χ1v) is 8.49. The molecule has 1 N–H and O–H groups in total. The molecule has 0 amide bonds. The molecule has 0 aromatic heterocycles. The number of nitrogens with one attached hydrogen (secondary N) is 1. The van der Waals surface area contributed by atoms with Gasteiger partial charge in [-0.1, -0.05) is 54.1 Å². The van der Waals surface area contributed by atoms with E-state index in [-0.39, 0.29) is 5.54 Å². The maximum atomic E-state index is 4.12. The minimum absolute atomic E-state index is 0.205. The Kier molecular flexibility index (Phi) is 6.25. The molecule has 1 atom stereocenters. The molecule has 2 aromatic carbocycles. The predicted octanol–water partition coefficient (Wildman–Crippen LogP) is 6.21. The van der Waals surface area contributed by atoms with Crippen LogP contribution in [0.5, 0.6) is 0 Å². The smallest absolute Gasteiger partial charge is 0.0764 e. The zero-order chi connectivity index (χ0) is 17.4. The third kappa shape index (κ3) is 4.76. The lowest BCUT2D eigenvalue weighted by Crippen LogP contribution is -2.48. The zero-order valence-electron chi connectivity index (χ0n) is 15.0. The molecule has 0 spiro atoms. The molecule has 0 aliphatic rings. The van der Waals surface area contributed by atoms with E-state index in [1.54, 1.807) is 0 Å². The largest absolute Gasteiger partial charge is 0.298 e. The number of hydrogen-bond donors (Lipinski definition) is 1. The Labute approximate surface area is 146 Å². The van der Waals surface area contributed by atoms with E-state index in [9.17, 15) is 0 Å². The molecule has 0 bridgehead atoms. The van der Waals surface area contributed by atoms with Crippen molar-refractivity contribution in [2.24, 2.45) is 0 Å². The molecular formula is C22H28N2. The second-order valence-corrected chi connectivity index (χ2v) is 6.53. The van der Waals surface area contributed by atoms with Gasteiger partial charge in [0.15, 0.2) is 0 Å². The highest BCUT2D eigenvalue weighted by molar-refractivity contribution is 5.58. The van der Waals surface area contributed by atoms with Crippen LogP contribution in [0.2, 0.25) is 0 Å². The van der Waals surface area contributed by atoms with Crippen LogP contribution in [0.15, 0.2) is 85.0 Å². The molecule has 0 heterocycles. The lowest BCUT2D eigenvalue weighted by Gasteiger charge is -2.41. The van der Waals surface area contributed by atoms with Crippen LogP contribution in [-0.4, -0.2) is 5.54 Å². The molecule has 1 unspecified atom stereocenters. The van der Waals surface area contributed by atoms with Crippen molar-refractivity contribution in [3.05, 3.63) is 85.0 Å². The molecule has 0 radical (unpaired) electrons. The van der Waals surface area contributed by atoms with Crippen LogP contribution >= 0.6 is 0 Å². The second-order valence-electron chi connectivity index (χ2n) is 6.53. The Bertz CT molecular complexity index is 657. The molecule has 0 aliphatic carbocycles. The fourth-order valence-corrected chi connectivity index (χ4v) is 2.66. The molecule has 24 heavy (non-hydrogen) atoms. The van der Waals surface area contributed by atoms with Gasteiger partial charge in [-0.2, -0.15) is 0 Å². The Balaban J connectivity index is 2.32. The van der Waals surface area contributed by atoms with Crippen molar-refractivity contribution in [2.75, 3.05) is 10.4 Å². The van der Waals surface area contributed by atoms with Crippen LogP contribution in [0.25, 0.3) is 0 Å². The molecule has 0 fully saturated rings. The number of hydrogen-bond acceptors (Lipinski definition) is 2. The van der Waals surface area contributed by atoms with Crippen molar-refractivity contribution in [2.45, 2.75) is 39.2 Å². The topological polar surface area (TPSA) is 15.3 Å². The monoisotopic (exact) mass is 320 g/mol. The Morgan fingerprint density at radius 2 is 1.62 bits per heavy atom. The third-order valence-corrected chi connectivity index (χ3v) is 4.18. The van der Waals surface area contributed by atoms with Crippen molar-refractivity contribution >= 4 is 11.4 Å². The molecular weight excluding hydrogens is 292 g/mol. The van der Waals surface area contributed by atoms with E-state index in [0.29, 0.717) is 0 Å². The van der Waals surface area contributed by atoms with Gasteiger partial charge in [-0.25, -0.2) is 0 Å². The van der Waals surface area contributed by atoms with E-state index in [1.807, 2.05) is 30.3 Å². The summed E-state index contributed by atoms with van der Waals surface area (Å²) in [5.41, 5.74) is 6.90. The number of nitrogens with zero attached hydrogens (tertiary/aromatic N) is 1. The number of rotatable bonds is 8. The molecule has 2 rings (SSSR count). The van der Waals surface area contributed by atoms with Gasteiger partial charge in [0.1, 0.15) is 0 Å². The maximum Gasteiger partial charge on any atom is 0.0764 e. The van der Waals surface area contributed by atoms with E-state index in [2.05, 4.69) is 80.3 Å². The first-order valence-electron chi connectivity index (χ1n) is 8.49. The minimum Gasteiger partial charge on any atom is -0.298 e. The number of allylic oxidation sites excluding steroid dienone is 2. The number of benzene rings is 2. The quantitative estimate of drug-likeness (QED) is 0.459. The number of para-hydroxylation sites is 2. The fraction of sp³-hybridized carbons (Fsp3) is 0.273. The van der Waals surface area contributed by atoms with Gasteiger partial charge in [0.2, 0.25) is 0 Å². The van der Waals surface area contributed by atoms with Crippen molar-refractivity contribution in [1.82, 2.24) is 0 Å². The molecule has 0 aliphatic heterocycles.